The molecule has 0 aliphatic carbocycles. The number of benzene rings is 1. The van der Waals surface area contributed by atoms with E-state index < -0.39 is 0 Å². The normalized spacial score (nSPS) is 10.5. The Morgan fingerprint density at radius 3 is 2.52 bits per heavy atom. The Morgan fingerprint density at radius 1 is 1.24 bits per heavy atom. The minimum absolute atomic E-state index is 0.0163. The highest BCUT2D eigenvalue weighted by atomic mass is 19.1. The summed E-state index contributed by atoms with van der Waals surface area (Å²) in [4.78, 5) is 16.5. The first kappa shape index (κ1) is 15.2. The summed E-state index contributed by atoms with van der Waals surface area (Å²) in [5.41, 5.74) is 3.10. The van der Waals surface area contributed by atoms with E-state index in [2.05, 4.69) is 4.98 Å². The molecular weight excluding hydrogens is 269 g/mol. The molecule has 0 unspecified atom stereocenters. The van der Waals surface area contributed by atoms with Gasteiger partial charge in [0.25, 0.3) is 0 Å². The van der Waals surface area contributed by atoms with Crippen molar-refractivity contribution in [2.75, 3.05) is 7.11 Å². The van der Waals surface area contributed by atoms with E-state index in [0.717, 1.165) is 16.8 Å². The van der Waals surface area contributed by atoms with Gasteiger partial charge in [0.15, 0.2) is 5.78 Å². The summed E-state index contributed by atoms with van der Waals surface area (Å²) in [7, 11) is 1.57. The number of halogens is 1. The lowest BCUT2D eigenvalue weighted by atomic mass is 10.00. The maximum Gasteiger partial charge on any atom is 0.165 e. The number of nitrogens with zero attached hydrogens (tertiary/aromatic N) is 1. The van der Waals surface area contributed by atoms with Crippen LogP contribution in [0.25, 0.3) is 0 Å². The lowest BCUT2D eigenvalue weighted by molar-refractivity contribution is 0.0981. The largest absolute Gasteiger partial charge is 0.495 e. The van der Waals surface area contributed by atoms with Crippen molar-refractivity contribution in [3.8, 4) is 5.75 Å². The summed E-state index contributed by atoms with van der Waals surface area (Å²) in [6.07, 6.45) is 2.54. The average molecular weight is 287 g/mol. The van der Waals surface area contributed by atoms with Gasteiger partial charge in [0.05, 0.1) is 12.8 Å². The third-order valence-electron chi connectivity index (χ3n) is 3.52. The van der Waals surface area contributed by atoms with Gasteiger partial charge in [0.2, 0.25) is 0 Å². The predicted molar refractivity (Wildman–Crippen MR) is 79.3 cm³/mol. The van der Waals surface area contributed by atoms with Crippen LogP contribution in [0.1, 0.15) is 33.6 Å². The Labute approximate surface area is 123 Å². The molecule has 110 valence electrons. The Bertz CT molecular complexity index is 651. The number of carbonyl (C=O) groups excluding carboxylic acids is 1. The van der Waals surface area contributed by atoms with Crippen molar-refractivity contribution in [2.45, 2.75) is 26.7 Å². The molecule has 21 heavy (non-hydrogen) atoms. The molecule has 0 amide bonds. The molecule has 2 rings (SSSR count). The standard InChI is InChI=1S/C17H18FNO2/c1-11-15(10-19-12(2)17(11)21-3)16(20)9-6-13-4-7-14(18)8-5-13/h4-5,7-8,10H,6,9H2,1-3H3. The number of aromatic nitrogens is 1. The Balaban J connectivity index is 2.12. The molecule has 4 heteroatoms. The molecule has 0 saturated carbocycles. The summed E-state index contributed by atoms with van der Waals surface area (Å²) in [5.74, 6) is 0.402. The Hall–Kier alpha value is -2.23. The number of pyridine rings is 1. The lowest BCUT2D eigenvalue weighted by Gasteiger charge is -2.11. The zero-order valence-corrected chi connectivity index (χ0v) is 12.4. The molecule has 0 atom stereocenters. The molecule has 2 aromatic rings. The van der Waals surface area contributed by atoms with Crippen molar-refractivity contribution >= 4 is 5.78 Å². The van der Waals surface area contributed by atoms with E-state index in [4.69, 9.17) is 4.74 Å². The van der Waals surface area contributed by atoms with Gasteiger partial charge in [0.1, 0.15) is 11.6 Å². The molecule has 0 saturated heterocycles. The fourth-order valence-electron chi connectivity index (χ4n) is 2.34. The topological polar surface area (TPSA) is 39.2 Å². The van der Waals surface area contributed by atoms with Gasteiger partial charge >= 0.3 is 0 Å². The van der Waals surface area contributed by atoms with Gasteiger partial charge in [-0.15, -0.1) is 0 Å². The molecule has 0 bridgehead atoms. The van der Waals surface area contributed by atoms with E-state index in [1.165, 1.54) is 12.1 Å². The zero-order valence-electron chi connectivity index (χ0n) is 12.4. The van der Waals surface area contributed by atoms with E-state index in [9.17, 15) is 9.18 Å². The third-order valence-corrected chi connectivity index (χ3v) is 3.52. The first-order chi connectivity index (χ1) is 10.0. The smallest absolute Gasteiger partial charge is 0.165 e. The summed E-state index contributed by atoms with van der Waals surface area (Å²) in [5, 5.41) is 0. The monoisotopic (exact) mass is 287 g/mol. The van der Waals surface area contributed by atoms with Gasteiger partial charge < -0.3 is 4.74 Å². The number of rotatable bonds is 5. The number of methoxy groups -OCH3 is 1. The highest BCUT2D eigenvalue weighted by Gasteiger charge is 2.15. The summed E-state index contributed by atoms with van der Waals surface area (Å²) >= 11 is 0. The fraction of sp³-hybridized carbons (Fsp3) is 0.294. The molecule has 0 aliphatic heterocycles. The van der Waals surface area contributed by atoms with Gasteiger partial charge in [-0.05, 0) is 38.0 Å². The van der Waals surface area contributed by atoms with Crippen molar-refractivity contribution < 1.29 is 13.9 Å². The molecule has 1 heterocycles. The van der Waals surface area contributed by atoms with Crippen LogP contribution >= 0.6 is 0 Å². The summed E-state index contributed by atoms with van der Waals surface area (Å²) < 4.78 is 18.1. The second-order valence-corrected chi connectivity index (χ2v) is 4.97. The second-order valence-electron chi connectivity index (χ2n) is 4.97. The first-order valence-corrected chi connectivity index (χ1v) is 6.80. The molecule has 0 spiro atoms. The van der Waals surface area contributed by atoms with Crippen LogP contribution in [0.4, 0.5) is 4.39 Å². The van der Waals surface area contributed by atoms with Crippen LogP contribution in [0.15, 0.2) is 30.5 Å². The SMILES string of the molecule is COc1c(C)ncc(C(=O)CCc2ccc(F)cc2)c1C. The quantitative estimate of drug-likeness (QED) is 0.788. The molecule has 0 fully saturated rings. The number of aryl methyl sites for hydroxylation is 2. The van der Waals surface area contributed by atoms with E-state index >= 15 is 0 Å². The number of hydrogen-bond donors (Lipinski definition) is 0. The number of carbonyl (C=O) groups is 1. The van der Waals surface area contributed by atoms with Gasteiger partial charge in [-0.25, -0.2) is 4.39 Å². The molecule has 1 aromatic carbocycles. The maximum absolute atomic E-state index is 12.8. The van der Waals surface area contributed by atoms with Gasteiger partial charge in [-0.1, -0.05) is 12.1 Å². The Kier molecular flexibility index (Phi) is 4.68. The van der Waals surface area contributed by atoms with Crippen molar-refractivity contribution in [3.63, 3.8) is 0 Å². The van der Waals surface area contributed by atoms with Gasteiger partial charge in [-0.3, -0.25) is 9.78 Å². The highest BCUT2D eigenvalue weighted by molar-refractivity contribution is 5.97. The molecule has 0 radical (unpaired) electrons. The second kappa shape index (κ2) is 6.48. The molecule has 3 nitrogen and oxygen atoms in total. The minimum atomic E-state index is -0.270. The van der Waals surface area contributed by atoms with Crippen LogP contribution in [0.3, 0.4) is 0 Å². The van der Waals surface area contributed by atoms with Crippen molar-refractivity contribution in [1.29, 1.82) is 0 Å². The maximum atomic E-state index is 12.8. The van der Waals surface area contributed by atoms with Crippen LogP contribution in [0.2, 0.25) is 0 Å². The van der Waals surface area contributed by atoms with Crippen LogP contribution in [-0.4, -0.2) is 17.9 Å². The van der Waals surface area contributed by atoms with E-state index in [0.29, 0.717) is 24.2 Å². The molecule has 0 N–H and O–H groups in total. The van der Waals surface area contributed by atoms with Crippen LogP contribution in [0, 0.1) is 19.7 Å². The van der Waals surface area contributed by atoms with E-state index in [-0.39, 0.29) is 11.6 Å². The summed E-state index contributed by atoms with van der Waals surface area (Å²) in [6.45, 7) is 3.71. The van der Waals surface area contributed by atoms with Gasteiger partial charge in [-0.2, -0.15) is 0 Å². The van der Waals surface area contributed by atoms with Crippen molar-refractivity contribution in [2.24, 2.45) is 0 Å². The minimum Gasteiger partial charge on any atom is -0.495 e. The first-order valence-electron chi connectivity index (χ1n) is 6.80. The number of ketones is 1. The number of Topliss-reactive ketones (excluding diaryl/α,β-unsaturated/α-hetero) is 1. The average Bonchev–Trinajstić information content (AvgIpc) is 2.47. The fourth-order valence-corrected chi connectivity index (χ4v) is 2.34. The van der Waals surface area contributed by atoms with Crippen LogP contribution in [-0.2, 0) is 6.42 Å². The Morgan fingerprint density at radius 2 is 1.90 bits per heavy atom. The molecular formula is C17H18FNO2. The predicted octanol–water partition coefficient (Wildman–Crippen LogP) is 3.66. The lowest BCUT2D eigenvalue weighted by Crippen LogP contribution is -2.07. The van der Waals surface area contributed by atoms with E-state index in [1.807, 2.05) is 13.8 Å². The highest BCUT2D eigenvalue weighted by Crippen LogP contribution is 2.24. The number of ether oxygens (including phenoxy) is 1. The third kappa shape index (κ3) is 3.45. The molecule has 0 aliphatic rings. The van der Waals surface area contributed by atoms with Crippen molar-refractivity contribution in [3.05, 3.63) is 58.7 Å². The van der Waals surface area contributed by atoms with Crippen LogP contribution < -0.4 is 4.74 Å². The summed E-state index contributed by atoms with van der Waals surface area (Å²) in [6, 6.07) is 6.20. The zero-order chi connectivity index (χ0) is 15.4. The van der Waals surface area contributed by atoms with Crippen LogP contribution in [0.5, 0.6) is 5.75 Å². The number of hydrogen-bond acceptors (Lipinski definition) is 3. The molecule has 1 aromatic heterocycles. The van der Waals surface area contributed by atoms with Gasteiger partial charge in [0, 0.05) is 23.7 Å². The van der Waals surface area contributed by atoms with E-state index in [1.54, 1.807) is 25.4 Å². The van der Waals surface area contributed by atoms with Crippen molar-refractivity contribution in [1.82, 2.24) is 4.98 Å².